The molecule has 15 heavy (non-hydrogen) atoms. The zero-order valence-electron chi connectivity index (χ0n) is 8.84. The van der Waals surface area contributed by atoms with Gasteiger partial charge in [-0.1, -0.05) is 26.0 Å². The Kier molecular flexibility index (Phi) is 4.54. The lowest BCUT2D eigenvalue weighted by atomic mass is 10.1. The van der Waals surface area contributed by atoms with Crippen LogP contribution in [-0.2, 0) is 0 Å². The zero-order chi connectivity index (χ0) is 11.4. The summed E-state index contributed by atoms with van der Waals surface area (Å²) in [5.74, 6) is -1.07. The summed E-state index contributed by atoms with van der Waals surface area (Å²) >= 11 is 1.63. The van der Waals surface area contributed by atoms with E-state index in [4.69, 9.17) is 5.73 Å². The van der Waals surface area contributed by atoms with E-state index in [9.17, 15) is 8.78 Å². The van der Waals surface area contributed by atoms with Crippen LogP contribution in [0, 0.1) is 11.6 Å². The van der Waals surface area contributed by atoms with Crippen molar-refractivity contribution < 1.29 is 8.78 Å². The predicted molar refractivity (Wildman–Crippen MR) is 60.9 cm³/mol. The lowest BCUT2D eigenvalue weighted by molar-refractivity contribution is 0.493. The number of nitrogens with two attached hydrogens (primary N) is 1. The van der Waals surface area contributed by atoms with Crippen molar-refractivity contribution in [3.05, 3.63) is 35.4 Å². The molecule has 1 unspecified atom stereocenters. The Morgan fingerprint density at radius 1 is 1.33 bits per heavy atom. The van der Waals surface area contributed by atoms with Gasteiger partial charge in [0.15, 0.2) is 11.6 Å². The minimum Gasteiger partial charge on any atom is -0.323 e. The summed E-state index contributed by atoms with van der Waals surface area (Å²) in [7, 11) is 0. The topological polar surface area (TPSA) is 26.0 Å². The van der Waals surface area contributed by atoms with E-state index >= 15 is 0 Å². The summed E-state index contributed by atoms with van der Waals surface area (Å²) in [5, 5.41) is 0.438. The van der Waals surface area contributed by atoms with Gasteiger partial charge in [0.05, 0.1) is 0 Å². The summed E-state index contributed by atoms with van der Waals surface area (Å²) in [6.07, 6.45) is 0. The first kappa shape index (κ1) is 12.5. The van der Waals surface area contributed by atoms with Crippen molar-refractivity contribution in [1.29, 1.82) is 0 Å². The van der Waals surface area contributed by atoms with Gasteiger partial charge in [0.25, 0.3) is 0 Å². The normalized spacial score (nSPS) is 13.2. The second kappa shape index (κ2) is 5.47. The Morgan fingerprint density at radius 2 is 2.00 bits per heavy atom. The Hall–Kier alpha value is -0.610. The number of halogens is 2. The molecule has 1 nitrogen and oxygen atoms in total. The Labute approximate surface area is 93.1 Å². The second-order valence-corrected chi connectivity index (χ2v) is 5.24. The molecule has 0 spiro atoms. The molecule has 0 fully saturated rings. The van der Waals surface area contributed by atoms with Crippen LogP contribution in [-0.4, -0.2) is 11.0 Å². The third-order valence-corrected chi connectivity index (χ3v) is 3.21. The molecule has 1 atom stereocenters. The van der Waals surface area contributed by atoms with Crippen molar-refractivity contribution in [1.82, 2.24) is 0 Å². The van der Waals surface area contributed by atoms with Gasteiger partial charge in [-0.15, -0.1) is 0 Å². The van der Waals surface area contributed by atoms with Crippen LogP contribution >= 0.6 is 11.8 Å². The van der Waals surface area contributed by atoms with Gasteiger partial charge in [-0.25, -0.2) is 8.78 Å². The van der Waals surface area contributed by atoms with Gasteiger partial charge in [0.1, 0.15) is 0 Å². The summed E-state index contributed by atoms with van der Waals surface area (Å²) in [5.41, 5.74) is 6.04. The summed E-state index contributed by atoms with van der Waals surface area (Å²) in [4.78, 5) is 0. The second-order valence-electron chi connectivity index (χ2n) is 3.63. The van der Waals surface area contributed by atoms with Gasteiger partial charge < -0.3 is 5.73 Å². The van der Waals surface area contributed by atoms with Crippen molar-refractivity contribution in [3.8, 4) is 0 Å². The van der Waals surface area contributed by atoms with Crippen LogP contribution < -0.4 is 5.73 Å². The quantitative estimate of drug-likeness (QED) is 0.861. The van der Waals surface area contributed by atoms with Gasteiger partial charge in [-0.2, -0.15) is 11.8 Å². The highest BCUT2D eigenvalue weighted by Gasteiger charge is 2.14. The highest BCUT2D eigenvalue weighted by Crippen LogP contribution is 2.22. The Balaban J connectivity index is 2.73. The fraction of sp³-hybridized carbons (Fsp3) is 0.455. The van der Waals surface area contributed by atoms with E-state index in [0.717, 1.165) is 6.07 Å². The molecule has 1 aromatic rings. The molecule has 0 aliphatic carbocycles. The summed E-state index contributed by atoms with van der Waals surface area (Å²) < 4.78 is 26.2. The molecule has 0 saturated carbocycles. The molecular weight excluding hydrogens is 216 g/mol. The van der Waals surface area contributed by atoms with Gasteiger partial charge in [-0.3, -0.25) is 0 Å². The smallest absolute Gasteiger partial charge is 0.163 e. The first-order chi connectivity index (χ1) is 7.02. The number of rotatable bonds is 4. The average molecular weight is 231 g/mol. The molecule has 0 saturated heterocycles. The monoisotopic (exact) mass is 231 g/mol. The van der Waals surface area contributed by atoms with E-state index in [1.807, 2.05) is 13.8 Å². The minimum absolute atomic E-state index is 0.253. The van der Waals surface area contributed by atoms with Crippen molar-refractivity contribution in [2.45, 2.75) is 25.1 Å². The third-order valence-electron chi connectivity index (χ3n) is 1.99. The van der Waals surface area contributed by atoms with E-state index in [0.29, 0.717) is 11.0 Å². The van der Waals surface area contributed by atoms with Gasteiger partial charge in [-0.05, 0) is 11.3 Å². The lowest BCUT2D eigenvalue weighted by Crippen LogP contribution is -2.16. The first-order valence-electron chi connectivity index (χ1n) is 4.83. The van der Waals surface area contributed by atoms with E-state index in [1.54, 1.807) is 11.8 Å². The number of hydrogen-bond donors (Lipinski definition) is 1. The van der Waals surface area contributed by atoms with Gasteiger partial charge in [0.2, 0.25) is 0 Å². The predicted octanol–water partition coefficient (Wildman–Crippen LogP) is 3.11. The molecule has 0 aliphatic rings. The highest BCUT2D eigenvalue weighted by molar-refractivity contribution is 7.99. The number of thioether (sulfide) groups is 1. The molecule has 0 heterocycles. The fourth-order valence-electron chi connectivity index (χ4n) is 1.19. The molecule has 84 valence electrons. The molecular formula is C11H15F2NS. The average Bonchev–Trinajstić information content (AvgIpc) is 2.18. The lowest BCUT2D eigenvalue weighted by Gasteiger charge is -2.14. The summed E-state index contributed by atoms with van der Waals surface area (Å²) in [6.45, 7) is 4.08. The Bertz CT molecular complexity index is 328. The zero-order valence-corrected chi connectivity index (χ0v) is 9.65. The first-order valence-corrected chi connectivity index (χ1v) is 5.88. The molecule has 0 radical (unpaired) electrons. The van der Waals surface area contributed by atoms with E-state index < -0.39 is 17.7 Å². The molecule has 4 heteroatoms. The minimum atomic E-state index is -0.836. The van der Waals surface area contributed by atoms with Crippen LogP contribution in [0.2, 0.25) is 0 Å². The van der Waals surface area contributed by atoms with Crippen molar-refractivity contribution in [2.24, 2.45) is 5.73 Å². The third kappa shape index (κ3) is 3.47. The van der Waals surface area contributed by atoms with Crippen LogP contribution in [0.25, 0.3) is 0 Å². The fourth-order valence-corrected chi connectivity index (χ4v) is 1.96. The molecule has 2 N–H and O–H groups in total. The molecule has 1 rings (SSSR count). The molecule has 0 bridgehead atoms. The molecule has 0 aromatic heterocycles. The van der Waals surface area contributed by atoms with Crippen molar-refractivity contribution >= 4 is 11.8 Å². The van der Waals surface area contributed by atoms with E-state index in [1.165, 1.54) is 12.1 Å². The van der Waals surface area contributed by atoms with Crippen molar-refractivity contribution in [3.63, 3.8) is 0 Å². The number of benzene rings is 1. The Morgan fingerprint density at radius 3 is 2.60 bits per heavy atom. The standard InChI is InChI=1S/C11H15F2NS/c1-7(2)15-6-10(14)8-4-3-5-9(12)11(8)13/h3-5,7,10H,6,14H2,1-2H3. The molecule has 0 aliphatic heterocycles. The van der Waals surface area contributed by atoms with E-state index in [-0.39, 0.29) is 5.56 Å². The maximum atomic E-state index is 13.3. The summed E-state index contributed by atoms with van der Waals surface area (Å²) in [6, 6.07) is 3.66. The maximum absolute atomic E-state index is 13.3. The highest BCUT2D eigenvalue weighted by atomic mass is 32.2. The van der Waals surface area contributed by atoms with Crippen LogP contribution in [0.5, 0.6) is 0 Å². The van der Waals surface area contributed by atoms with Crippen LogP contribution in [0.15, 0.2) is 18.2 Å². The molecule has 1 aromatic carbocycles. The van der Waals surface area contributed by atoms with Crippen LogP contribution in [0.3, 0.4) is 0 Å². The number of hydrogen-bond acceptors (Lipinski definition) is 2. The van der Waals surface area contributed by atoms with E-state index in [2.05, 4.69) is 0 Å². The van der Waals surface area contributed by atoms with Crippen LogP contribution in [0.1, 0.15) is 25.5 Å². The van der Waals surface area contributed by atoms with Crippen molar-refractivity contribution in [2.75, 3.05) is 5.75 Å². The maximum Gasteiger partial charge on any atom is 0.163 e. The molecule has 0 amide bonds. The van der Waals surface area contributed by atoms with Gasteiger partial charge in [0, 0.05) is 17.4 Å². The van der Waals surface area contributed by atoms with Gasteiger partial charge >= 0.3 is 0 Å². The largest absolute Gasteiger partial charge is 0.323 e. The SMILES string of the molecule is CC(C)SCC(N)c1cccc(F)c1F. The van der Waals surface area contributed by atoms with Crippen LogP contribution in [0.4, 0.5) is 8.78 Å².